The van der Waals surface area contributed by atoms with Crippen molar-refractivity contribution in [2.75, 3.05) is 5.75 Å². The van der Waals surface area contributed by atoms with Crippen LogP contribution in [0.2, 0.25) is 0 Å². The molecule has 0 fully saturated rings. The number of halogens is 1. The molecule has 23 heavy (non-hydrogen) atoms. The Labute approximate surface area is 136 Å². The van der Waals surface area contributed by atoms with Gasteiger partial charge in [0.2, 0.25) is 0 Å². The van der Waals surface area contributed by atoms with E-state index in [9.17, 15) is 22.4 Å². The van der Waals surface area contributed by atoms with Crippen LogP contribution in [0.3, 0.4) is 0 Å². The second kappa shape index (κ2) is 6.88. The van der Waals surface area contributed by atoms with E-state index in [1.165, 1.54) is 18.3 Å². The number of hydrogen-bond donors (Lipinski definition) is 2. The summed E-state index contributed by atoms with van der Waals surface area (Å²) in [6.07, 6.45) is 0. The highest BCUT2D eigenvalue weighted by Crippen LogP contribution is 2.16. The summed E-state index contributed by atoms with van der Waals surface area (Å²) in [6, 6.07) is 4.49. The monoisotopic (exact) mass is 356 g/mol. The highest BCUT2D eigenvalue weighted by Gasteiger charge is 2.18. The van der Waals surface area contributed by atoms with Gasteiger partial charge in [-0.15, -0.1) is 0 Å². The van der Waals surface area contributed by atoms with Gasteiger partial charge >= 0.3 is 0 Å². The van der Waals surface area contributed by atoms with Crippen molar-refractivity contribution in [3.8, 4) is 0 Å². The summed E-state index contributed by atoms with van der Waals surface area (Å²) in [7, 11) is -3.57. The van der Waals surface area contributed by atoms with E-state index in [0.29, 0.717) is 5.56 Å². The van der Waals surface area contributed by atoms with E-state index in [-0.39, 0.29) is 10.6 Å². The molecule has 0 radical (unpaired) electrons. The van der Waals surface area contributed by atoms with Gasteiger partial charge < -0.3 is 0 Å². The summed E-state index contributed by atoms with van der Waals surface area (Å²) in [6.45, 7) is 1.44. The van der Waals surface area contributed by atoms with Crippen molar-refractivity contribution in [1.82, 2.24) is 10.9 Å². The van der Waals surface area contributed by atoms with Crippen LogP contribution in [0.5, 0.6) is 0 Å². The molecule has 0 aliphatic heterocycles. The fourth-order valence-electron chi connectivity index (χ4n) is 1.69. The fourth-order valence-corrected chi connectivity index (χ4v) is 3.23. The smallest absolute Gasteiger partial charge is 0.267 e. The van der Waals surface area contributed by atoms with Gasteiger partial charge in [0.05, 0.1) is 21.8 Å². The predicted octanol–water partition coefficient (Wildman–Crippen LogP) is 1.76. The lowest BCUT2D eigenvalue weighted by molar-refractivity contribution is 0.0844. The molecule has 0 bridgehead atoms. The fraction of sp³-hybridized carbons (Fsp3) is 0.143. The predicted molar refractivity (Wildman–Crippen MR) is 83.4 cm³/mol. The average molecular weight is 356 g/mol. The van der Waals surface area contributed by atoms with Gasteiger partial charge in [-0.25, -0.2) is 12.8 Å². The highest BCUT2D eigenvalue weighted by atomic mass is 32.2. The maximum absolute atomic E-state index is 13.7. The van der Waals surface area contributed by atoms with Gasteiger partial charge in [0.25, 0.3) is 11.8 Å². The van der Waals surface area contributed by atoms with Crippen LogP contribution in [0.4, 0.5) is 4.39 Å². The Kier molecular flexibility index (Phi) is 5.12. The van der Waals surface area contributed by atoms with Crippen molar-refractivity contribution in [2.45, 2.75) is 11.8 Å². The number of amides is 2. The molecule has 6 nitrogen and oxygen atoms in total. The molecule has 0 saturated heterocycles. The van der Waals surface area contributed by atoms with E-state index in [1.54, 1.807) is 16.8 Å². The van der Waals surface area contributed by atoms with Crippen molar-refractivity contribution in [3.05, 3.63) is 52.0 Å². The number of carbonyl (C=O) groups excluding carboxylic acids is 2. The van der Waals surface area contributed by atoms with E-state index < -0.39 is 33.0 Å². The van der Waals surface area contributed by atoms with Crippen molar-refractivity contribution in [3.63, 3.8) is 0 Å². The largest absolute Gasteiger partial charge is 0.272 e. The normalized spacial score (nSPS) is 11.0. The maximum Gasteiger partial charge on any atom is 0.272 e. The number of hydrazine groups is 1. The third-order valence-corrected chi connectivity index (χ3v) is 5.41. The molecule has 0 atom stereocenters. The first-order valence-corrected chi connectivity index (χ1v) is 9.10. The Morgan fingerprint density at radius 1 is 1.17 bits per heavy atom. The Bertz CT molecular complexity index is 832. The quantitative estimate of drug-likeness (QED) is 0.645. The first kappa shape index (κ1) is 17.1. The molecule has 0 spiro atoms. The molecule has 9 heteroatoms. The molecule has 122 valence electrons. The van der Waals surface area contributed by atoms with E-state index in [4.69, 9.17) is 0 Å². The Morgan fingerprint density at radius 2 is 1.87 bits per heavy atom. The Balaban J connectivity index is 2.16. The van der Waals surface area contributed by atoms with Crippen molar-refractivity contribution in [2.24, 2.45) is 0 Å². The minimum absolute atomic E-state index is 0.157. The minimum Gasteiger partial charge on any atom is -0.267 e. The van der Waals surface area contributed by atoms with Gasteiger partial charge in [-0.2, -0.15) is 11.3 Å². The summed E-state index contributed by atoms with van der Waals surface area (Å²) in [5.41, 5.74) is 4.07. The Morgan fingerprint density at radius 3 is 2.48 bits per heavy atom. The topological polar surface area (TPSA) is 92.3 Å². The van der Waals surface area contributed by atoms with E-state index in [2.05, 4.69) is 10.9 Å². The van der Waals surface area contributed by atoms with E-state index >= 15 is 0 Å². The molecule has 2 rings (SSSR count). The van der Waals surface area contributed by atoms with Gasteiger partial charge in [-0.1, -0.05) is 6.92 Å². The molecule has 2 aromatic rings. The zero-order valence-electron chi connectivity index (χ0n) is 12.0. The molecule has 0 aliphatic carbocycles. The summed E-state index contributed by atoms with van der Waals surface area (Å²) in [5, 5.41) is 3.27. The number of carbonyl (C=O) groups is 2. The van der Waals surface area contributed by atoms with Crippen LogP contribution >= 0.6 is 11.3 Å². The molecule has 0 aliphatic rings. The van der Waals surface area contributed by atoms with Crippen LogP contribution in [0.15, 0.2) is 39.9 Å². The van der Waals surface area contributed by atoms with Gasteiger partial charge in [-0.05, 0) is 29.6 Å². The van der Waals surface area contributed by atoms with Gasteiger partial charge in [0.15, 0.2) is 9.84 Å². The van der Waals surface area contributed by atoms with Crippen molar-refractivity contribution in [1.29, 1.82) is 0 Å². The van der Waals surface area contributed by atoms with Gasteiger partial charge in [0.1, 0.15) is 5.82 Å². The molecule has 1 aromatic carbocycles. The lowest BCUT2D eigenvalue weighted by Crippen LogP contribution is -2.41. The molecule has 0 saturated carbocycles. The molecule has 0 unspecified atom stereocenters. The Hall–Kier alpha value is -2.26. The second-order valence-electron chi connectivity index (χ2n) is 4.47. The van der Waals surface area contributed by atoms with Crippen molar-refractivity contribution >= 4 is 33.0 Å². The van der Waals surface area contributed by atoms with Crippen LogP contribution in [-0.4, -0.2) is 26.0 Å². The zero-order chi connectivity index (χ0) is 17.0. The zero-order valence-corrected chi connectivity index (χ0v) is 13.6. The van der Waals surface area contributed by atoms with Crippen LogP contribution in [0, 0.1) is 5.82 Å². The number of rotatable bonds is 4. The highest BCUT2D eigenvalue weighted by molar-refractivity contribution is 7.91. The summed E-state index contributed by atoms with van der Waals surface area (Å²) in [5.74, 6) is -2.56. The third-order valence-electron chi connectivity index (χ3n) is 2.99. The lowest BCUT2D eigenvalue weighted by Gasteiger charge is -2.09. The number of sulfone groups is 1. The van der Waals surface area contributed by atoms with Gasteiger partial charge in [0, 0.05) is 5.38 Å². The van der Waals surface area contributed by atoms with Crippen LogP contribution < -0.4 is 10.9 Å². The maximum atomic E-state index is 13.7. The standard InChI is InChI=1S/C14H13FN2O4S2/c1-2-23(20,21)10-3-4-12(15)11(7-10)14(19)17-16-13(18)9-5-6-22-8-9/h3-8H,2H2,1H3,(H,16,18)(H,17,19). The number of benzene rings is 1. The summed E-state index contributed by atoms with van der Waals surface area (Å²) in [4.78, 5) is 23.5. The number of nitrogens with one attached hydrogen (secondary N) is 2. The molecule has 1 aromatic heterocycles. The summed E-state index contributed by atoms with van der Waals surface area (Å²) >= 11 is 1.31. The lowest BCUT2D eigenvalue weighted by atomic mass is 10.2. The first-order valence-electron chi connectivity index (χ1n) is 6.50. The number of hydrogen-bond acceptors (Lipinski definition) is 5. The molecule has 2 amide bonds. The molecular weight excluding hydrogens is 343 g/mol. The third kappa shape index (κ3) is 3.93. The van der Waals surface area contributed by atoms with Crippen LogP contribution in [0.1, 0.15) is 27.6 Å². The molecule has 1 heterocycles. The molecule has 2 N–H and O–H groups in total. The van der Waals surface area contributed by atoms with E-state index in [1.807, 2.05) is 0 Å². The summed E-state index contributed by atoms with van der Waals surface area (Å²) < 4.78 is 37.3. The van der Waals surface area contributed by atoms with Crippen LogP contribution in [0.25, 0.3) is 0 Å². The van der Waals surface area contributed by atoms with Gasteiger partial charge in [-0.3, -0.25) is 20.4 Å². The second-order valence-corrected chi connectivity index (χ2v) is 7.52. The van der Waals surface area contributed by atoms with Crippen LogP contribution in [-0.2, 0) is 9.84 Å². The average Bonchev–Trinajstić information content (AvgIpc) is 3.07. The first-order chi connectivity index (χ1) is 10.8. The van der Waals surface area contributed by atoms with Crippen molar-refractivity contribution < 1.29 is 22.4 Å². The minimum atomic E-state index is -3.57. The molecular formula is C14H13FN2O4S2. The van der Waals surface area contributed by atoms with E-state index in [0.717, 1.165) is 18.2 Å². The number of thiophene rings is 1. The SMILES string of the molecule is CCS(=O)(=O)c1ccc(F)c(C(=O)NNC(=O)c2ccsc2)c1.